The Morgan fingerprint density at radius 1 is 1.45 bits per heavy atom. The molecule has 0 radical (unpaired) electrons. The van der Waals surface area contributed by atoms with Crippen LogP contribution in [0.2, 0.25) is 5.02 Å². The maximum absolute atomic E-state index is 5.76. The molecule has 4 heteroatoms. The van der Waals surface area contributed by atoms with Gasteiger partial charge in [-0.05, 0) is 24.6 Å². The van der Waals surface area contributed by atoms with Gasteiger partial charge in [-0.3, -0.25) is 0 Å². The molecule has 0 spiro atoms. The minimum absolute atomic E-state index is 0. The molecule has 1 nitrogen and oxygen atoms in total. The molecule has 0 heterocycles. The van der Waals surface area contributed by atoms with E-state index < -0.39 is 0 Å². The molecule has 62 valence electrons. The Morgan fingerprint density at radius 2 is 2.00 bits per heavy atom. The smallest absolute Gasteiger partial charge is 0.0649 e. The third kappa shape index (κ3) is 2.65. The van der Waals surface area contributed by atoms with Crippen molar-refractivity contribution in [2.75, 3.05) is 5.73 Å². The summed E-state index contributed by atoms with van der Waals surface area (Å²) in [4.78, 5) is 0. The van der Waals surface area contributed by atoms with E-state index >= 15 is 0 Å². The quantitative estimate of drug-likeness (QED) is 0.728. The second-order valence-electron chi connectivity index (χ2n) is 2.12. The van der Waals surface area contributed by atoms with Gasteiger partial charge in [0.15, 0.2) is 0 Å². The Labute approximate surface area is 89.8 Å². The van der Waals surface area contributed by atoms with Crippen molar-refractivity contribution in [2.45, 2.75) is 6.92 Å². The summed E-state index contributed by atoms with van der Waals surface area (Å²) in [6, 6.07) is 3.71. The van der Waals surface area contributed by atoms with Crippen LogP contribution in [0, 0.1) is 6.92 Å². The Bertz CT molecular complexity index is 240. The molecule has 0 saturated heterocycles. The largest absolute Gasteiger partial charge is 0.397 e. The molecule has 0 aliphatic rings. The van der Waals surface area contributed by atoms with Crippen molar-refractivity contribution in [3.05, 3.63) is 27.2 Å². The van der Waals surface area contributed by atoms with Crippen LogP contribution in [0.5, 0.6) is 0 Å². The van der Waals surface area contributed by atoms with Gasteiger partial charge in [0, 0.05) is 4.47 Å². The highest BCUT2D eigenvalue weighted by atomic mass is 79.9. The molecule has 1 rings (SSSR count). The molecule has 0 bridgehead atoms. The second kappa shape index (κ2) is 4.33. The van der Waals surface area contributed by atoms with E-state index in [0.29, 0.717) is 10.7 Å². The van der Waals surface area contributed by atoms with E-state index in [1.54, 1.807) is 6.07 Å². The van der Waals surface area contributed by atoms with Crippen molar-refractivity contribution in [2.24, 2.45) is 0 Å². The fraction of sp³-hybridized carbons (Fsp3) is 0.143. The van der Waals surface area contributed by atoms with Crippen molar-refractivity contribution < 1.29 is 0 Å². The lowest BCUT2D eigenvalue weighted by molar-refractivity contribution is 1.45. The van der Waals surface area contributed by atoms with Crippen LogP contribution in [0.15, 0.2) is 16.6 Å². The van der Waals surface area contributed by atoms with Crippen molar-refractivity contribution in [1.82, 2.24) is 0 Å². The number of hydrogen-bond acceptors (Lipinski definition) is 1. The van der Waals surface area contributed by atoms with Gasteiger partial charge in [0.1, 0.15) is 0 Å². The molecule has 0 fully saturated rings. The number of anilines is 1. The van der Waals surface area contributed by atoms with Crippen LogP contribution in [-0.4, -0.2) is 0 Å². The molecule has 0 aromatic heterocycles. The van der Waals surface area contributed by atoms with Crippen LogP contribution in [0.1, 0.15) is 5.56 Å². The van der Waals surface area contributed by atoms with Crippen LogP contribution in [0.4, 0.5) is 5.69 Å². The van der Waals surface area contributed by atoms with E-state index in [9.17, 15) is 0 Å². The lowest BCUT2D eigenvalue weighted by Crippen LogP contribution is -1.89. The maximum Gasteiger partial charge on any atom is 0.0649 e. The van der Waals surface area contributed by atoms with Crippen LogP contribution in [0.3, 0.4) is 0 Å². The molecular formula is C7H8Br2ClN. The van der Waals surface area contributed by atoms with Gasteiger partial charge in [-0.15, -0.1) is 17.0 Å². The number of nitrogen functional groups attached to an aromatic ring is 1. The van der Waals surface area contributed by atoms with E-state index in [2.05, 4.69) is 15.9 Å². The molecule has 11 heavy (non-hydrogen) atoms. The first-order chi connectivity index (χ1) is 4.61. The van der Waals surface area contributed by atoms with E-state index in [1.165, 1.54) is 0 Å². The van der Waals surface area contributed by atoms with Crippen molar-refractivity contribution in [3.63, 3.8) is 0 Å². The van der Waals surface area contributed by atoms with Gasteiger partial charge in [0.05, 0.1) is 10.7 Å². The fourth-order valence-electron chi connectivity index (χ4n) is 0.713. The molecule has 0 aliphatic carbocycles. The molecule has 0 amide bonds. The zero-order chi connectivity index (χ0) is 7.72. The van der Waals surface area contributed by atoms with Gasteiger partial charge in [-0.1, -0.05) is 27.5 Å². The van der Waals surface area contributed by atoms with Gasteiger partial charge < -0.3 is 5.73 Å². The summed E-state index contributed by atoms with van der Waals surface area (Å²) in [5.41, 5.74) is 7.25. The molecule has 0 aliphatic heterocycles. The number of hydrogen-bond donors (Lipinski definition) is 1. The van der Waals surface area contributed by atoms with Gasteiger partial charge in [0.25, 0.3) is 0 Å². The van der Waals surface area contributed by atoms with Gasteiger partial charge in [0.2, 0.25) is 0 Å². The zero-order valence-electron chi connectivity index (χ0n) is 5.90. The normalized spacial score (nSPS) is 9.00. The average molecular weight is 301 g/mol. The zero-order valence-corrected chi connectivity index (χ0v) is 9.95. The summed E-state index contributed by atoms with van der Waals surface area (Å²) in [5.74, 6) is 0. The van der Waals surface area contributed by atoms with Crippen molar-refractivity contribution in [1.29, 1.82) is 0 Å². The standard InChI is InChI=1S/C7H7BrClN.BrH/c1-4-2-5(8)3-6(9)7(4)10;/h2-3H,10H2,1H3;1H. The van der Waals surface area contributed by atoms with Gasteiger partial charge in [-0.2, -0.15) is 0 Å². The topological polar surface area (TPSA) is 26.0 Å². The number of benzene rings is 1. The summed E-state index contributed by atoms with van der Waals surface area (Å²) in [6.07, 6.45) is 0. The first-order valence-corrected chi connectivity index (χ1v) is 3.99. The highest BCUT2D eigenvalue weighted by Gasteiger charge is 1.99. The molecule has 1 aromatic rings. The minimum Gasteiger partial charge on any atom is -0.397 e. The van der Waals surface area contributed by atoms with Crippen LogP contribution in [0.25, 0.3) is 0 Å². The van der Waals surface area contributed by atoms with E-state index in [0.717, 1.165) is 10.0 Å². The van der Waals surface area contributed by atoms with Gasteiger partial charge in [-0.25, -0.2) is 0 Å². The highest BCUT2D eigenvalue weighted by molar-refractivity contribution is 9.10. The molecular weight excluding hydrogens is 293 g/mol. The summed E-state index contributed by atoms with van der Waals surface area (Å²) in [5, 5.41) is 0.604. The summed E-state index contributed by atoms with van der Waals surface area (Å²) < 4.78 is 0.962. The average Bonchev–Trinajstić information content (AvgIpc) is 1.82. The minimum atomic E-state index is 0. The SMILES string of the molecule is Br.Cc1cc(Br)cc(Cl)c1N. The number of nitrogens with two attached hydrogens (primary N) is 1. The Balaban J connectivity index is 0.000001000. The monoisotopic (exact) mass is 299 g/mol. The third-order valence-corrected chi connectivity index (χ3v) is 2.07. The number of aryl methyl sites for hydroxylation is 1. The Morgan fingerprint density at radius 3 is 2.45 bits per heavy atom. The van der Waals surface area contributed by atoms with Crippen molar-refractivity contribution >= 4 is 50.2 Å². The van der Waals surface area contributed by atoms with Crippen LogP contribution in [-0.2, 0) is 0 Å². The van der Waals surface area contributed by atoms with Gasteiger partial charge >= 0.3 is 0 Å². The van der Waals surface area contributed by atoms with E-state index in [4.69, 9.17) is 17.3 Å². The first-order valence-electron chi connectivity index (χ1n) is 2.82. The predicted octanol–water partition coefficient (Wildman–Crippen LogP) is 3.57. The summed E-state index contributed by atoms with van der Waals surface area (Å²) in [6.45, 7) is 1.92. The van der Waals surface area contributed by atoms with Crippen LogP contribution < -0.4 is 5.73 Å². The fourth-order valence-corrected chi connectivity index (χ4v) is 1.68. The van der Waals surface area contributed by atoms with Crippen molar-refractivity contribution in [3.8, 4) is 0 Å². The van der Waals surface area contributed by atoms with E-state index in [1.807, 2.05) is 13.0 Å². The lowest BCUT2D eigenvalue weighted by Gasteiger charge is -2.01. The molecule has 2 N–H and O–H groups in total. The maximum atomic E-state index is 5.76. The number of rotatable bonds is 0. The highest BCUT2D eigenvalue weighted by Crippen LogP contribution is 2.26. The summed E-state index contributed by atoms with van der Waals surface area (Å²) >= 11 is 9.07. The molecule has 0 saturated carbocycles. The molecule has 0 unspecified atom stereocenters. The molecule has 1 aromatic carbocycles. The first kappa shape index (κ1) is 11.3. The third-order valence-electron chi connectivity index (χ3n) is 1.30. The predicted molar refractivity (Wildman–Crippen MR) is 58.6 cm³/mol. The Hall–Kier alpha value is 0.270. The van der Waals surface area contributed by atoms with Crippen LogP contribution >= 0.6 is 44.5 Å². The van der Waals surface area contributed by atoms with E-state index in [-0.39, 0.29) is 17.0 Å². The lowest BCUT2D eigenvalue weighted by atomic mass is 10.2. The second-order valence-corrected chi connectivity index (χ2v) is 3.44. The number of halogens is 3. The molecule has 0 atom stereocenters. The summed E-state index contributed by atoms with van der Waals surface area (Å²) in [7, 11) is 0. The Kier molecular flexibility index (Phi) is 4.44.